The van der Waals surface area contributed by atoms with Gasteiger partial charge in [-0.05, 0) is 97.4 Å². The van der Waals surface area contributed by atoms with E-state index in [0.717, 1.165) is 36.1 Å². The average molecular weight is 396 g/mol. The monoisotopic (exact) mass is 395 g/mol. The maximum absolute atomic E-state index is 7.01. The second-order valence-electron chi connectivity index (χ2n) is 12.3. The van der Waals surface area contributed by atoms with Crippen LogP contribution in [0.2, 0.25) is 0 Å². The van der Waals surface area contributed by atoms with E-state index < -0.39 is 0 Å². The second-order valence-corrected chi connectivity index (χ2v) is 12.3. The Kier molecular flexibility index (Phi) is 4.10. The van der Waals surface area contributed by atoms with Gasteiger partial charge in [0.05, 0.1) is 6.10 Å². The summed E-state index contributed by atoms with van der Waals surface area (Å²) in [5.74, 6) is 4.82. The van der Waals surface area contributed by atoms with Gasteiger partial charge in [0.25, 0.3) is 0 Å². The molecule has 0 bridgehead atoms. The molecule has 29 heavy (non-hydrogen) atoms. The van der Waals surface area contributed by atoms with Crippen LogP contribution in [0.15, 0.2) is 23.8 Å². The molecule has 1 N–H and O–H groups in total. The fourth-order valence-corrected chi connectivity index (χ4v) is 9.50. The molecular formula is C27H41NO. The highest BCUT2D eigenvalue weighted by molar-refractivity contribution is 5.34. The Morgan fingerprint density at radius 1 is 1.07 bits per heavy atom. The molecule has 2 saturated heterocycles. The van der Waals surface area contributed by atoms with E-state index >= 15 is 0 Å². The first-order valence-corrected chi connectivity index (χ1v) is 12.7. The zero-order valence-corrected chi connectivity index (χ0v) is 19.0. The number of fused-ring (bicyclic) bond motifs is 7. The molecule has 1 unspecified atom stereocenters. The van der Waals surface area contributed by atoms with Crippen molar-refractivity contribution >= 4 is 0 Å². The molecule has 0 aromatic heterocycles. The van der Waals surface area contributed by atoms with Crippen LogP contribution < -0.4 is 5.32 Å². The standard InChI is InChI=1S/C27H41NO/c1-17-10-14-27(28-16-17)18(2)24-23(29-27)15-22-20-9-8-19-7-5-6-12-25(19,3)21(20)11-13-26(22,24)4/h5,7-8,17-18,20-24,28H,6,9-16H2,1-4H3/t17-,18+,20-,21+,22?,23+,24+,25+,26+,27-/m1/s1. The Morgan fingerprint density at radius 2 is 1.93 bits per heavy atom. The van der Waals surface area contributed by atoms with E-state index in [-0.39, 0.29) is 5.72 Å². The smallest absolute Gasteiger partial charge is 0.122 e. The van der Waals surface area contributed by atoms with Crippen LogP contribution in [0.1, 0.15) is 79.1 Å². The highest BCUT2D eigenvalue weighted by Crippen LogP contribution is 2.69. The SMILES string of the molecule is C[C@@H]1CC[C@@]2(NC1)O[C@H]1CC3[C@@H]4CC=C5C=CCC[C@]5(C)[C@H]4CC[C@]3(C)[C@H]1[C@@H]2C. The van der Waals surface area contributed by atoms with Gasteiger partial charge in [0.1, 0.15) is 5.72 Å². The van der Waals surface area contributed by atoms with Crippen molar-refractivity contribution in [1.29, 1.82) is 0 Å². The lowest BCUT2D eigenvalue weighted by molar-refractivity contribution is -0.114. The Labute approximate surface area is 177 Å². The van der Waals surface area contributed by atoms with E-state index in [1.807, 2.05) is 0 Å². The highest BCUT2D eigenvalue weighted by Gasteiger charge is 2.67. The lowest BCUT2D eigenvalue weighted by atomic mass is 9.47. The van der Waals surface area contributed by atoms with E-state index in [9.17, 15) is 0 Å². The molecule has 4 aliphatic carbocycles. The van der Waals surface area contributed by atoms with Gasteiger partial charge in [0, 0.05) is 12.5 Å². The fourth-order valence-electron chi connectivity index (χ4n) is 9.50. The first-order chi connectivity index (χ1) is 13.9. The minimum atomic E-state index is -0.0214. The fraction of sp³-hybridized carbons (Fsp3) is 0.852. The second kappa shape index (κ2) is 6.22. The van der Waals surface area contributed by atoms with Gasteiger partial charge in [-0.1, -0.05) is 45.9 Å². The van der Waals surface area contributed by atoms with E-state index in [2.05, 4.69) is 51.2 Å². The van der Waals surface area contributed by atoms with Gasteiger partial charge in [-0.25, -0.2) is 0 Å². The van der Waals surface area contributed by atoms with E-state index in [1.54, 1.807) is 5.57 Å². The summed E-state index contributed by atoms with van der Waals surface area (Å²) in [6.07, 6.45) is 18.7. The summed E-state index contributed by atoms with van der Waals surface area (Å²) in [6, 6.07) is 0. The van der Waals surface area contributed by atoms with Crippen LogP contribution in [0.25, 0.3) is 0 Å². The molecule has 10 atom stereocenters. The third-order valence-electron chi connectivity index (χ3n) is 11.1. The molecule has 2 aliphatic heterocycles. The normalized spacial score (nSPS) is 58.3. The minimum absolute atomic E-state index is 0.0214. The number of hydrogen-bond donors (Lipinski definition) is 1. The van der Waals surface area contributed by atoms with Crippen LogP contribution in [0.5, 0.6) is 0 Å². The Balaban J connectivity index is 1.30. The van der Waals surface area contributed by atoms with Crippen molar-refractivity contribution in [2.24, 2.45) is 46.3 Å². The highest BCUT2D eigenvalue weighted by atomic mass is 16.5. The molecule has 2 saturated carbocycles. The summed E-state index contributed by atoms with van der Waals surface area (Å²) in [7, 11) is 0. The molecule has 2 heteroatoms. The summed E-state index contributed by atoms with van der Waals surface area (Å²) in [5, 5.41) is 3.90. The topological polar surface area (TPSA) is 21.3 Å². The van der Waals surface area contributed by atoms with Gasteiger partial charge in [-0.3, -0.25) is 5.32 Å². The number of rotatable bonds is 0. The third-order valence-corrected chi connectivity index (χ3v) is 11.1. The molecule has 0 amide bonds. The van der Waals surface area contributed by atoms with Crippen LogP contribution in [0.3, 0.4) is 0 Å². The first kappa shape index (κ1) is 19.1. The molecule has 0 aromatic carbocycles. The zero-order valence-electron chi connectivity index (χ0n) is 19.0. The van der Waals surface area contributed by atoms with Gasteiger partial charge in [-0.15, -0.1) is 0 Å². The van der Waals surface area contributed by atoms with Crippen LogP contribution in [0.4, 0.5) is 0 Å². The number of ether oxygens (including phenoxy) is 1. The van der Waals surface area contributed by atoms with E-state index in [0.29, 0.717) is 22.9 Å². The molecular weight excluding hydrogens is 354 g/mol. The maximum Gasteiger partial charge on any atom is 0.122 e. The molecule has 6 rings (SSSR count). The van der Waals surface area contributed by atoms with Crippen molar-refractivity contribution in [3.63, 3.8) is 0 Å². The predicted octanol–water partition coefficient (Wildman–Crippen LogP) is 6.09. The quantitative estimate of drug-likeness (QED) is 0.536. The van der Waals surface area contributed by atoms with Crippen LogP contribution >= 0.6 is 0 Å². The van der Waals surface area contributed by atoms with Crippen molar-refractivity contribution in [1.82, 2.24) is 5.32 Å². The van der Waals surface area contributed by atoms with Gasteiger partial charge in [-0.2, -0.15) is 0 Å². The third kappa shape index (κ3) is 2.42. The van der Waals surface area contributed by atoms with Gasteiger partial charge in [0.2, 0.25) is 0 Å². The number of hydrogen-bond acceptors (Lipinski definition) is 2. The summed E-state index contributed by atoms with van der Waals surface area (Å²) >= 11 is 0. The molecule has 0 radical (unpaired) electrons. The van der Waals surface area contributed by atoms with Crippen molar-refractivity contribution in [2.75, 3.05) is 6.54 Å². The molecule has 0 aromatic rings. The van der Waals surface area contributed by atoms with Crippen molar-refractivity contribution in [3.05, 3.63) is 23.8 Å². The molecule has 2 heterocycles. The number of allylic oxidation sites excluding steroid dienone is 4. The first-order valence-electron chi connectivity index (χ1n) is 12.7. The average Bonchev–Trinajstić information content (AvgIpc) is 3.15. The largest absolute Gasteiger partial charge is 0.357 e. The Morgan fingerprint density at radius 3 is 2.72 bits per heavy atom. The van der Waals surface area contributed by atoms with Crippen molar-refractivity contribution in [3.8, 4) is 0 Å². The Bertz CT molecular complexity index is 746. The summed E-state index contributed by atoms with van der Waals surface area (Å²) < 4.78 is 7.01. The lowest BCUT2D eigenvalue weighted by Crippen LogP contribution is -2.56. The van der Waals surface area contributed by atoms with Crippen LogP contribution in [-0.4, -0.2) is 18.4 Å². The minimum Gasteiger partial charge on any atom is -0.357 e. The lowest BCUT2D eigenvalue weighted by Gasteiger charge is -2.57. The zero-order chi connectivity index (χ0) is 20.0. The molecule has 4 fully saturated rings. The molecule has 6 aliphatic rings. The summed E-state index contributed by atoms with van der Waals surface area (Å²) in [5.41, 5.74) is 2.56. The number of nitrogens with one attached hydrogen (secondary N) is 1. The molecule has 1 spiro atoms. The summed E-state index contributed by atoms with van der Waals surface area (Å²) in [4.78, 5) is 0. The van der Waals surface area contributed by atoms with Crippen LogP contribution in [-0.2, 0) is 4.74 Å². The summed E-state index contributed by atoms with van der Waals surface area (Å²) in [6.45, 7) is 11.3. The van der Waals surface area contributed by atoms with Gasteiger partial charge < -0.3 is 4.74 Å². The van der Waals surface area contributed by atoms with Crippen molar-refractivity contribution < 1.29 is 4.74 Å². The molecule has 160 valence electrons. The predicted molar refractivity (Wildman–Crippen MR) is 118 cm³/mol. The Hall–Kier alpha value is -0.600. The van der Waals surface area contributed by atoms with Crippen molar-refractivity contribution in [2.45, 2.75) is 90.9 Å². The van der Waals surface area contributed by atoms with E-state index in [1.165, 1.54) is 51.4 Å². The van der Waals surface area contributed by atoms with Gasteiger partial charge in [0.15, 0.2) is 0 Å². The number of piperidine rings is 1. The van der Waals surface area contributed by atoms with Gasteiger partial charge >= 0.3 is 0 Å². The maximum atomic E-state index is 7.01. The van der Waals surface area contributed by atoms with Crippen LogP contribution in [0, 0.1) is 46.3 Å². The molecule has 2 nitrogen and oxygen atoms in total. The van der Waals surface area contributed by atoms with E-state index in [4.69, 9.17) is 4.74 Å².